The van der Waals surface area contributed by atoms with Crippen LogP contribution < -0.4 is 0 Å². The van der Waals surface area contributed by atoms with Crippen molar-refractivity contribution in [3.05, 3.63) is 29.8 Å². The number of halogens is 1. The summed E-state index contributed by atoms with van der Waals surface area (Å²) in [5.41, 5.74) is 0.395. The molecule has 92 valence electrons. The average Bonchev–Trinajstić information content (AvgIpc) is 2.82. The average molecular weight is 238 g/mol. The van der Waals surface area contributed by atoms with Gasteiger partial charge in [-0.3, -0.25) is 4.79 Å². The third kappa shape index (κ3) is 3.00. The lowest BCUT2D eigenvalue weighted by atomic mass is 10.2. The standard InChI is InChI=1S/C12H15FN2O2/c1-15(8-10-3-2-6-17-10)12(16)9-4-5-11(13)14-7-9/h4-5,7,10H,2-3,6,8H2,1H3. The van der Waals surface area contributed by atoms with Gasteiger partial charge in [0.05, 0.1) is 11.7 Å². The van der Waals surface area contributed by atoms with Crippen LogP contribution in [0, 0.1) is 5.95 Å². The maximum absolute atomic E-state index is 12.6. The summed E-state index contributed by atoms with van der Waals surface area (Å²) in [6, 6.07) is 2.63. The Kier molecular flexibility index (Phi) is 3.68. The second kappa shape index (κ2) is 5.23. The molecule has 4 nitrogen and oxygen atoms in total. The van der Waals surface area contributed by atoms with E-state index in [1.54, 1.807) is 11.9 Å². The van der Waals surface area contributed by atoms with Crippen molar-refractivity contribution in [3.8, 4) is 0 Å². The highest BCUT2D eigenvalue weighted by Crippen LogP contribution is 2.14. The van der Waals surface area contributed by atoms with Crippen LogP contribution in [0.25, 0.3) is 0 Å². The van der Waals surface area contributed by atoms with Crippen LogP contribution in [-0.2, 0) is 4.74 Å². The predicted octanol–water partition coefficient (Wildman–Crippen LogP) is 1.47. The minimum atomic E-state index is -0.580. The molecule has 0 N–H and O–H groups in total. The normalized spacial score (nSPS) is 19.3. The molecule has 17 heavy (non-hydrogen) atoms. The number of amides is 1. The minimum Gasteiger partial charge on any atom is -0.376 e. The monoisotopic (exact) mass is 238 g/mol. The summed E-state index contributed by atoms with van der Waals surface area (Å²) >= 11 is 0. The van der Waals surface area contributed by atoms with E-state index in [4.69, 9.17) is 4.74 Å². The van der Waals surface area contributed by atoms with Crippen LogP contribution >= 0.6 is 0 Å². The maximum Gasteiger partial charge on any atom is 0.255 e. The summed E-state index contributed by atoms with van der Waals surface area (Å²) in [4.78, 5) is 17.0. The molecule has 2 rings (SSSR count). The number of carbonyl (C=O) groups is 1. The number of hydrogen-bond donors (Lipinski definition) is 0. The van der Waals surface area contributed by atoms with E-state index >= 15 is 0 Å². The molecule has 0 spiro atoms. The third-order valence-electron chi connectivity index (χ3n) is 2.82. The number of pyridine rings is 1. The lowest BCUT2D eigenvalue weighted by molar-refractivity contribution is 0.0586. The Balaban J connectivity index is 1.96. The molecule has 0 saturated carbocycles. The fourth-order valence-electron chi connectivity index (χ4n) is 1.90. The molecular weight excluding hydrogens is 223 g/mol. The van der Waals surface area contributed by atoms with Crippen LogP contribution in [0.5, 0.6) is 0 Å². The topological polar surface area (TPSA) is 42.4 Å². The van der Waals surface area contributed by atoms with Gasteiger partial charge in [-0.05, 0) is 25.0 Å². The SMILES string of the molecule is CN(CC1CCCO1)C(=O)c1ccc(F)nc1. The molecule has 0 aliphatic carbocycles. The Morgan fingerprint density at radius 2 is 2.47 bits per heavy atom. The fourth-order valence-corrected chi connectivity index (χ4v) is 1.90. The number of ether oxygens (including phenoxy) is 1. The zero-order valence-electron chi connectivity index (χ0n) is 9.73. The highest BCUT2D eigenvalue weighted by atomic mass is 19.1. The molecule has 0 aromatic carbocycles. The van der Waals surface area contributed by atoms with Crippen molar-refractivity contribution < 1.29 is 13.9 Å². The largest absolute Gasteiger partial charge is 0.376 e. The molecule has 2 heterocycles. The van der Waals surface area contributed by atoms with E-state index in [1.807, 2.05) is 0 Å². The van der Waals surface area contributed by atoms with Crippen LogP contribution in [0.2, 0.25) is 0 Å². The van der Waals surface area contributed by atoms with Gasteiger partial charge in [-0.15, -0.1) is 0 Å². The van der Waals surface area contributed by atoms with E-state index in [-0.39, 0.29) is 12.0 Å². The van der Waals surface area contributed by atoms with Gasteiger partial charge in [0.15, 0.2) is 0 Å². The highest BCUT2D eigenvalue weighted by molar-refractivity contribution is 5.93. The van der Waals surface area contributed by atoms with Crippen LogP contribution in [0.1, 0.15) is 23.2 Å². The summed E-state index contributed by atoms with van der Waals surface area (Å²) in [6.45, 7) is 1.33. The van der Waals surface area contributed by atoms with Gasteiger partial charge >= 0.3 is 0 Å². The predicted molar refractivity (Wildman–Crippen MR) is 60.1 cm³/mol. The van der Waals surface area contributed by atoms with Gasteiger partial charge in [0.25, 0.3) is 5.91 Å². The summed E-state index contributed by atoms with van der Waals surface area (Å²) in [6.07, 6.45) is 3.41. The van der Waals surface area contributed by atoms with E-state index in [2.05, 4.69) is 4.98 Å². The Labute approximate surface area is 99.4 Å². The van der Waals surface area contributed by atoms with Crippen LogP contribution in [0.15, 0.2) is 18.3 Å². The minimum absolute atomic E-state index is 0.123. The molecule has 1 unspecified atom stereocenters. The summed E-state index contributed by atoms with van der Waals surface area (Å²) in [5.74, 6) is -0.740. The number of nitrogens with zero attached hydrogens (tertiary/aromatic N) is 2. The van der Waals surface area contributed by atoms with Crippen molar-refractivity contribution in [1.29, 1.82) is 0 Å². The van der Waals surface area contributed by atoms with Gasteiger partial charge in [0.1, 0.15) is 0 Å². The molecule has 1 amide bonds. The second-order valence-electron chi connectivity index (χ2n) is 4.19. The van der Waals surface area contributed by atoms with Crippen LogP contribution in [0.4, 0.5) is 4.39 Å². The van der Waals surface area contributed by atoms with Crippen LogP contribution in [-0.4, -0.2) is 42.1 Å². The quantitative estimate of drug-likeness (QED) is 0.749. The first kappa shape index (κ1) is 12.0. The van der Waals surface area contributed by atoms with Gasteiger partial charge < -0.3 is 9.64 Å². The first-order valence-corrected chi connectivity index (χ1v) is 5.65. The van der Waals surface area contributed by atoms with Crippen LogP contribution in [0.3, 0.4) is 0 Å². The third-order valence-corrected chi connectivity index (χ3v) is 2.82. The molecule has 1 atom stereocenters. The highest BCUT2D eigenvalue weighted by Gasteiger charge is 2.20. The maximum atomic E-state index is 12.6. The number of aromatic nitrogens is 1. The van der Waals surface area contributed by atoms with Gasteiger partial charge in [-0.25, -0.2) is 4.98 Å². The zero-order valence-corrected chi connectivity index (χ0v) is 9.73. The lowest BCUT2D eigenvalue weighted by Gasteiger charge is -2.20. The molecule has 5 heteroatoms. The van der Waals surface area contributed by atoms with Crippen molar-refractivity contribution in [2.75, 3.05) is 20.2 Å². The number of carbonyl (C=O) groups excluding carboxylic acids is 1. The molecular formula is C12H15FN2O2. The van der Waals surface area contributed by atoms with Crippen molar-refractivity contribution in [2.45, 2.75) is 18.9 Å². The number of hydrogen-bond acceptors (Lipinski definition) is 3. The lowest BCUT2D eigenvalue weighted by Crippen LogP contribution is -2.34. The Morgan fingerprint density at radius 1 is 1.65 bits per heavy atom. The smallest absolute Gasteiger partial charge is 0.255 e. The fraction of sp³-hybridized carbons (Fsp3) is 0.500. The molecule has 1 aliphatic heterocycles. The van der Waals surface area contributed by atoms with E-state index < -0.39 is 5.95 Å². The van der Waals surface area contributed by atoms with Crippen molar-refractivity contribution in [2.24, 2.45) is 0 Å². The molecule has 1 aromatic rings. The van der Waals surface area contributed by atoms with Crippen molar-refractivity contribution in [3.63, 3.8) is 0 Å². The van der Waals surface area contributed by atoms with E-state index in [1.165, 1.54) is 18.3 Å². The van der Waals surface area contributed by atoms with Gasteiger partial charge in [-0.1, -0.05) is 0 Å². The van der Waals surface area contributed by atoms with Gasteiger partial charge in [0.2, 0.25) is 5.95 Å². The van der Waals surface area contributed by atoms with Crippen molar-refractivity contribution >= 4 is 5.91 Å². The summed E-state index contributed by atoms with van der Waals surface area (Å²) in [7, 11) is 1.72. The second-order valence-corrected chi connectivity index (χ2v) is 4.19. The van der Waals surface area contributed by atoms with E-state index in [0.29, 0.717) is 12.1 Å². The van der Waals surface area contributed by atoms with Crippen molar-refractivity contribution in [1.82, 2.24) is 9.88 Å². The van der Waals surface area contributed by atoms with Gasteiger partial charge in [0, 0.05) is 26.4 Å². The molecule has 1 fully saturated rings. The molecule has 0 radical (unpaired) electrons. The Hall–Kier alpha value is -1.49. The first-order valence-electron chi connectivity index (χ1n) is 5.65. The Morgan fingerprint density at radius 3 is 3.06 bits per heavy atom. The zero-order chi connectivity index (χ0) is 12.3. The first-order chi connectivity index (χ1) is 8.16. The molecule has 1 aliphatic rings. The van der Waals surface area contributed by atoms with E-state index in [0.717, 1.165) is 19.4 Å². The van der Waals surface area contributed by atoms with E-state index in [9.17, 15) is 9.18 Å². The summed E-state index contributed by atoms with van der Waals surface area (Å²) < 4.78 is 18.1. The molecule has 1 saturated heterocycles. The molecule has 1 aromatic heterocycles. The summed E-state index contributed by atoms with van der Waals surface area (Å²) in [5, 5.41) is 0. The van der Waals surface area contributed by atoms with Gasteiger partial charge in [-0.2, -0.15) is 4.39 Å². The Bertz CT molecular complexity index is 388. The number of likely N-dealkylation sites (N-methyl/N-ethyl adjacent to an activating group) is 1. The number of rotatable bonds is 3. The molecule has 0 bridgehead atoms.